The zero-order chi connectivity index (χ0) is 16.9. The Morgan fingerprint density at radius 1 is 1.30 bits per heavy atom. The molecule has 2 N–H and O–H groups in total. The van der Waals surface area contributed by atoms with Crippen LogP contribution in [-0.2, 0) is 11.0 Å². The maximum atomic E-state index is 12.6. The van der Waals surface area contributed by atoms with E-state index in [9.17, 15) is 18.0 Å². The molecule has 0 saturated heterocycles. The van der Waals surface area contributed by atoms with Crippen molar-refractivity contribution in [3.8, 4) is 6.07 Å². The lowest BCUT2D eigenvalue weighted by atomic mass is 10.1. The first kappa shape index (κ1) is 17.1. The minimum atomic E-state index is -4.57. The first-order valence-electron chi connectivity index (χ1n) is 7.41. The molecule has 1 aliphatic carbocycles. The first-order valence-corrected chi connectivity index (χ1v) is 7.41. The zero-order valence-electron chi connectivity index (χ0n) is 12.4. The van der Waals surface area contributed by atoms with E-state index in [1.165, 1.54) is 0 Å². The van der Waals surface area contributed by atoms with Crippen molar-refractivity contribution in [2.75, 3.05) is 18.4 Å². The van der Waals surface area contributed by atoms with E-state index >= 15 is 0 Å². The highest BCUT2D eigenvalue weighted by Gasteiger charge is 2.33. The number of anilines is 1. The molecule has 1 aromatic rings. The van der Waals surface area contributed by atoms with Crippen molar-refractivity contribution in [1.29, 1.82) is 5.26 Å². The Balaban J connectivity index is 1.89. The molecule has 8 heteroatoms. The van der Waals surface area contributed by atoms with Crippen LogP contribution >= 0.6 is 0 Å². The molecule has 0 atom stereocenters. The van der Waals surface area contributed by atoms with Crippen LogP contribution < -0.4 is 10.6 Å². The van der Waals surface area contributed by atoms with Gasteiger partial charge >= 0.3 is 6.18 Å². The van der Waals surface area contributed by atoms with Gasteiger partial charge in [0.25, 0.3) is 0 Å². The summed E-state index contributed by atoms with van der Waals surface area (Å²) >= 11 is 0. The van der Waals surface area contributed by atoms with Crippen molar-refractivity contribution in [3.05, 3.63) is 23.4 Å². The second kappa shape index (κ2) is 7.31. The van der Waals surface area contributed by atoms with Crippen LogP contribution in [0, 0.1) is 17.2 Å². The summed E-state index contributed by atoms with van der Waals surface area (Å²) in [5.74, 6) is -0.115. The molecule has 1 saturated carbocycles. The summed E-state index contributed by atoms with van der Waals surface area (Å²) in [6.07, 6.45) is -0.701. The summed E-state index contributed by atoms with van der Waals surface area (Å²) in [7, 11) is 0. The first-order chi connectivity index (χ1) is 10.9. The molecule has 0 aromatic carbocycles. The Morgan fingerprint density at radius 2 is 2.00 bits per heavy atom. The highest BCUT2D eigenvalue weighted by molar-refractivity contribution is 5.78. The summed E-state index contributed by atoms with van der Waals surface area (Å²) in [6.45, 7) is 0.458. The Hall–Kier alpha value is -2.30. The molecule has 0 aliphatic heterocycles. The molecule has 1 fully saturated rings. The zero-order valence-corrected chi connectivity index (χ0v) is 12.4. The molecule has 124 valence electrons. The van der Waals surface area contributed by atoms with Gasteiger partial charge < -0.3 is 10.6 Å². The van der Waals surface area contributed by atoms with Crippen LogP contribution in [-0.4, -0.2) is 24.0 Å². The highest BCUT2D eigenvalue weighted by Crippen LogP contribution is 2.29. The molecule has 0 bridgehead atoms. The van der Waals surface area contributed by atoms with Crippen LogP contribution in [0.3, 0.4) is 0 Å². The molecule has 1 heterocycles. The van der Waals surface area contributed by atoms with Crippen LogP contribution in [0.15, 0.2) is 12.1 Å². The number of alkyl halides is 3. The summed E-state index contributed by atoms with van der Waals surface area (Å²) in [4.78, 5) is 15.2. The number of hydrogen-bond acceptors (Lipinski definition) is 4. The lowest BCUT2D eigenvalue weighted by Gasteiger charge is -2.13. The van der Waals surface area contributed by atoms with Crippen LogP contribution in [0.5, 0.6) is 0 Å². The van der Waals surface area contributed by atoms with Gasteiger partial charge in [-0.05, 0) is 25.0 Å². The molecular weight excluding hydrogens is 309 g/mol. The fourth-order valence-corrected chi connectivity index (χ4v) is 2.54. The smallest absolute Gasteiger partial charge is 0.367 e. The second-order valence-electron chi connectivity index (χ2n) is 5.40. The van der Waals surface area contributed by atoms with Gasteiger partial charge in [-0.3, -0.25) is 4.79 Å². The van der Waals surface area contributed by atoms with Gasteiger partial charge in [-0.1, -0.05) is 12.8 Å². The monoisotopic (exact) mass is 326 g/mol. The van der Waals surface area contributed by atoms with Crippen molar-refractivity contribution in [2.45, 2.75) is 31.9 Å². The van der Waals surface area contributed by atoms with Gasteiger partial charge in [-0.25, -0.2) is 4.98 Å². The van der Waals surface area contributed by atoms with Crippen LogP contribution in [0.1, 0.15) is 36.9 Å². The third-order valence-corrected chi connectivity index (χ3v) is 3.75. The number of pyridine rings is 1. The molecule has 1 aliphatic rings. The Morgan fingerprint density at radius 3 is 2.61 bits per heavy atom. The minimum absolute atomic E-state index is 0.0261. The van der Waals surface area contributed by atoms with Crippen molar-refractivity contribution >= 4 is 11.7 Å². The molecule has 0 unspecified atom stereocenters. The van der Waals surface area contributed by atoms with Crippen LogP contribution in [0.2, 0.25) is 0 Å². The third kappa shape index (κ3) is 4.58. The average Bonchev–Trinajstić information content (AvgIpc) is 3.04. The quantitative estimate of drug-likeness (QED) is 0.816. The largest absolute Gasteiger partial charge is 0.433 e. The molecule has 1 amide bonds. The van der Waals surface area contributed by atoms with E-state index < -0.39 is 11.9 Å². The molecule has 0 spiro atoms. The maximum absolute atomic E-state index is 12.6. The molecule has 23 heavy (non-hydrogen) atoms. The predicted octanol–water partition coefficient (Wildman–Crippen LogP) is 2.69. The van der Waals surface area contributed by atoms with Crippen LogP contribution in [0.4, 0.5) is 19.0 Å². The van der Waals surface area contributed by atoms with Crippen molar-refractivity contribution < 1.29 is 18.0 Å². The van der Waals surface area contributed by atoms with Crippen molar-refractivity contribution in [3.63, 3.8) is 0 Å². The number of nitrogens with one attached hydrogen (secondary N) is 2. The van der Waals surface area contributed by atoms with Gasteiger partial charge in [0.05, 0.1) is 5.56 Å². The Kier molecular flexibility index (Phi) is 5.42. The van der Waals surface area contributed by atoms with Gasteiger partial charge in [-0.15, -0.1) is 0 Å². The van der Waals surface area contributed by atoms with Gasteiger partial charge in [-0.2, -0.15) is 18.4 Å². The molecule has 0 radical (unpaired) electrons. The van der Waals surface area contributed by atoms with E-state index in [4.69, 9.17) is 5.26 Å². The van der Waals surface area contributed by atoms with Crippen LogP contribution in [0.25, 0.3) is 0 Å². The number of aromatic nitrogens is 1. The lowest BCUT2D eigenvalue weighted by molar-refractivity contribution is -0.141. The van der Waals surface area contributed by atoms with Gasteiger partial charge in [0.15, 0.2) is 0 Å². The SMILES string of the molecule is N#Cc1ccc(C(F)(F)F)nc1NCCNC(=O)C1CCCC1. The number of carbonyl (C=O) groups is 1. The number of nitrogens with zero attached hydrogens (tertiary/aromatic N) is 2. The fourth-order valence-electron chi connectivity index (χ4n) is 2.54. The van der Waals surface area contributed by atoms with E-state index in [0.717, 1.165) is 37.8 Å². The Labute approximate surface area is 131 Å². The number of hydrogen-bond donors (Lipinski definition) is 2. The van der Waals surface area contributed by atoms with Gasteiger partial charge in [0.2, 0.25) is 5.91 Å². The summed E-state index contributed by atoms with van der Waals surface area (Å²) < 4.78 is 37.9. The normalized spacial score (nSPS) is 15.2. The van der Waals surface area contributed by atoms with E-state index in [0.29, 0.717) is 0 Å². The number of carbonyl (C=O) groups excluding carboxylic acids is 1. The van der Waals surface area contributed by atoms with Crippen molar-refractivity contribution in [1.82, 2.24) is 10.3 Å². The fraction of sp³-hybridized carbons (Fsp3) is 0.533. The molecule has 2 rings (SSSR count). The van der Waals surface area contributed by atoms with Crippen molar-refractivity contribution in [2.24, 2.45) is 5.92 Å². The number of rotatable bonds is 5. The topological polar surface area (TPSA) is 77.8 Å². The highest BCUT2D eigenvalue weighted by atomic mass is 19.4. The summed E-state index contributed by atoms with van der Waals surface area (Å²) in [6, 6.07) is 3.64. The minimum Gasteiger partial charge on any atom is -0.367 e. The predicted molar refractivity (Wildman–Crippen MR) is 77.4 cm³/mol. The number of nitriles is 1. The van der Waals surface area contributed by atoms with E-state index in [-0.39, 0.29) is 36.3 Å². The molecular formula is C15H17F3N4O. The Bertz CT molecular complexity index is 604. The van der Waals surface area contributed by atoms with E-state index in [1.807, 2.05) is 0 Å². The molecule has 5 nitrogen and oxygen atoms in total. The number of halogens is 3. The average molecular weight is 326 g/mol. The lowest BCUT2D eigenvalue weighted by Crippen LogP contribution is -2.33. The summed E-state index contributed by atoms with van der Waals surface area (Å²) in [5.41, 5.74) is -1.03. The van der Waals surface area contributed by atoms with E-state index in [1.54, 1.807) is 6.07 Å². The number of amides is 1. The summed E-state index contributed by atoms with van der Waals surface area (Å²) in [5, 5.41) is 14.3. The van der Waals surface area contributed by atoms with Gasteiger partial charge in [0.1, 0.15) is 17.6 Å². The van der Waals surface area contributed by atoms with Gasteiger partial charge in [0, 0.05) is 19.0 Å². The standard InChI is InChI=1S/C15H17F3N4O/c16-15(17,18)12-6-5-11(9-19)13(22-12)20-7-8-21-14(23)10-3-1-2-4-10/h5-6,10H,1-4,7-8H2,(H,20,22)(H,21,23). The maximum Gasteiger partial charge on any atom is 0.433 e. The third-order valence-electron chi connectivity index (χ3n) is 3.75. The molecule has 1 aromatic heterocycles. The second-order valence-corrected chi connectivity index (χ2v) is 5.40. The van der Waals surface area contributed by atoms with E-state index in [2.05, 4.69) is 15.6 Å².